The fourth-order valence-electron chi connectivity index (χ4n) is 6.81. The maximum Gasteiger partial charge on any atom is 0.330 e. The van der Waals surface area contributed by atoms with Gasteiger partial charge in [-0.15, -0.1) is 22.7 Å². The van der Waals surface area contributed by atoms with Crippen LogP contribution in [0.1, 0.15) is 32.1 Å². The molecule has 2 saturated heterocycles. The molecular formula is C32H35ClN6O5S3. The van der Waals surface area contributed by atoms with Gasteiger partial charge < -0.3 is 14.8 Å². The van der Waals surface area contributed by atoms with Crippen LogP contribution in [0.5, 0.6) is 0 Å². The first-order valence-corrected chi connectivity index (χ1v) is 19.2. The maximum atomic E-state index is 13.5. The lowest BCUT2D eigenvalue weighted by Gasteiger charge is -2.35. The molecule has 15 heteroatoms. The molecule has 7 rings (SSSR count). The summed E-state index contributed by atoms with van der Waals surface area (Å²) in [6, 6.07) is 13.7. The first-order chi connectivity index (χ1) is 22.7. The molecular weight excluding hydrogens is 680 g/mol. The number of thiophene rings is 2. The van der Waals surface area contributed by atoms with Gasteiger partial charge in [0, 0.05) is 60.6 Å². The van der Waals surface area contributed by atoms with Crippen molar-refractivity contribution in [2.45, 2.75) is 48.4 Å². The Bertz CT molecular complexity index is 2010. The van der Waals surface area contributed by atoms with Crippen molar-refractivity contribution < 1.29 is 18.0 Å². The number of para-hydroxylation sites is 2. The second-order valence-electron chi connectivity index (χ2n) is 12.2. The van der Waals surface area contributed by atoms with E-state index in [9.17, 15) is 22.8 Å². The summed E-state index contributed by atoms with van der Waals surface area (Å²) in [4.78, 5) is 49.9. The molecule has 2 atom stereocenters. The highest BCUT2D eigenvalue weighted by Crippen LogP contribution is 2.37. The van der Waals surface area contributed by atoms with Crippen molar-refractivity contribution in [1.29, 1.82) is 0 Å². The Kier molecular flexibility index (Phi) is 9.15. The number of fused-ring (bicyclic) bond motifs is 1. The monoisotopic (exact) mass is 714 g/mol. The molecule has 4 aromatic rings. The van der Waals surface area contributed by atoms with E-state index in [1.807, 2.05) is 35.2 Å². The van der Waals surface area contributed by atoms with Gasteiger partial charge in [-0.25, -0.2) is 13.2 Å². The van der Waals surface area contributed by atoms with Crippen LogP contribution >= 0.6 is 34.3 Å². The highest BCUT2D eigenvalue weighted by atomic mass is 35.5. The number of aromatic amines is 1. The Balaban J connectivity index is 0.952. The van der Waals surface area contributed by atoms with E-state index in [1.165, 1.54) is 16.2 Å². The number of nitrogens with zero attached hydrogens (tertiary/aromatic N) is 4. The van der Waals surface area contributed by atoms with Crippen LogP contribution in [0.2, 0.25) is 4.34 Å². The van der Waals surface area contributed by atoms with Gasteiger partial charge in [0.15, 0.2) is 0 Å². The zero-order valence-corrected chi connectivity index (χ0v) is 28.8. The number of piperidine rings is 1. The fraction of sp³-hybridized carbons (Fsp3) is 0.406. The summed E-state index contributed by atoms with van der Waals surface area (Å²) in [5.74, 6) is -0.479. The lowest BCUT2D eigenvalue weighted by molar-refractivity contribution is -0.143. The molecule has 2 fully saturated rings. The van der Waals surface area contributed by atoms with E-state index in [0.29, 0.717) is 36.8 Å². The van der Waals surface area contributed by atoms with Crippen molar-refractivity contribution in [1.82, 2.24) is 29.0 Å². The zero-order chi connectivity index (χ0) is 32.7. The first-order valence-electron chi connectivity index (χ1n) is 15.7. The minimum absolute atomic E-state index is 0.0358. The highest BCUT2D eigenvalue weighted by Gasteiger charge is 2.37. The fourth-order valence-corrected chi connectivity index (χ4v) is 10.5. The van der Waals surface area contributed by atoms with Gasteiger partial charge in [0.05, 0.1) is 21.9 Å². The molecule has 3 aliphatic rings. The Hall–Kier alpha value is -3.27. The van der Waals surface area contributed by atoms with Crippen molar-refractivity contribution in [3.8, 4) is 9.75 Å². The van der Waals surface area contributed by atoms with Crippen LogP contribution in [-0.4, -0.2) is 95.8 Å². The third-order valence-electron chi connectivity index (χ3n) is 9.13. The molecule has 2 amide bonds. The van der Waals surface area contributed by atoms with Crippen LogP contribution < -0.4 is 10.4 Å². The zero-order valence-electron chi connectivity index (χ0n) is 25.6. The van der Waals surface area contributed by atoms with E-state index in [2.05, 4.69) is 20.7 Å². The Labute approximate surface area is 285 Å². The largest absolute Gasteiger partial charge is 0.337 e. The Morgan fingerprint density at radius 3 is 2.55 bits per heavy atom. The van der Waals surface area contributed by atoms with Gasteiger partial charge >= 0.3 is 5.69 Å². The molecule has 47 heavy (non-hydrogen) atoms. The number of likely N-dealkylation sites (tertiary alicyclic amines) is 2. The van der Waals surface area contributed by atoms with Gasteiger partial charge in [-0.1, -0.05) is 29.8 Å². The molecule has 1 aromatic carbocycles. The number of aromatic nitrogens is 2. The molecule has 3 aliphatic heterocycles. The van der Waals surface area contributed by atoms with Crippen molar-refractivity contribution in [3.05, 3.63) is 69.4 Å². The Morgan fingerprint density at radius 2 is 1.77 bits per heavy atom. The number of nitrogens with one attached hydrogen (secondary N) is 2. The average Bonchev–Trinajstić information content (AvgIpc) is 3.86. The molecule has 3 aromatic heterocycles. The molecule has 2 N–H and O–H groups in total. The van der Waals surface area contributed by atoms with E-state index in [-0.39, 0.29) is 34.3 Å². The van der Waals surface area contributed by atoms with Gasteiger partial charge in [-0.2, -0.15) is 4.72 Å². The molecule has 0 aliphatic carbocycles. The standard InChI is InChI=1S/C32H35ClN6O5S3/c33-28-11-9-26(45-28)27-10-12-30(46-27)47(43,44)35-24-7-4-15-37(31(24)41)20-29(40)38-16-3-5-22(38)19-36-17-13-21(14-18-36)39-25-8-2-1-6-23(25)34-32(39)42/h1-2,6,8-13,22,24,35H,3-5,7,14-20H2,(H,34,42)/t22-,24-/m0/s1. The third kappa shape index (κ3) is 6.72. The first kappa shape index (κ1) is 32.3. The quantitative estimate of drug-likeness (QED) is 0.267. The molecule has 0 saturated carbocycles. The topological polar surface area (TPSA) is 128 Å². The molecule has 0 unspecified atom stereocenters. The summed E-state index contributed by atoms with van der Waals surface area (Å²) >= 11 is 8.55. The van der Waals surface area contributed by atoms with Crippen molar-refractivity contribution in [3.63, 3.8) is 0 Å². The molecule has 248 valence electrons. The molecule has 0 spiro atoms. The molecule has 0 bridgehead atoms. The van der Waals surface area contributed by atoms with Crippen LogP contribution in [0.4, 0.5) is 0 Å². The summed E-state index contributed by atoms with van der Waals surface area (Å²) in [5.41, 5.74) is 2.52. The number of halogens is 1. The second kappa shape index (κ2) is 13.3. The van der Waals surface area contributed by atoms with Gasteiger partial charge in [-0.3, -0.25) is 19.1 Å². The SMILES string of the molecule is O=C1[C@@H](NS(=O)(=O)c2ccc(-c3ccc(Cl)s3)s2)CCCN1CC(=O)N1CCC[C@H]1CN1CC=C(n2c(=O)[nH]c3ccccc32)CC1. The number of carbonyl (C=O) groups excluding carboxylic acids is 2. The maximum absolute atomic E-state index is 13.5. The lowest BCUT2D eigenvalue weighted by atomic mass is 10.1. The number of benzene rings is 1. The minimum Gasteiger partial charge on any atom is -0.337 e. The van der Waals surface area contributed by atoms with E-state index in [1.54, 1.807) is 22.8 Å². The number of hydrogen-bond donors (Lipinski definition) is 2. The number of imidazole rings is 1. The van der Waals surface area contributed by atoms with Crippen LogP contribution in [0.3, 0.4) is 0 Å². The molecule has 11 nitrogen and oxygen atoms in total. The second-order valence-corrected chi connectivity index (χ2v) is 16.9. The van der Waals surface area contributed by atoms with Crippen LogP contribution in [0.15, 0.2) is 63.6 Å². The number of rotatable bonds is 9. The predicted octanol–water partition coefficient (Wildman–Crippen LogP) is 4.28. The van der Waals surface area contributed by atoms with Crippen molar-refractivity contribution >= 4 is 72.8 Å². The number of sulfonamides is 1. The Morgan fingerprint density at radius 1 is 0.979 bits per heavy atom. The normalized spacial score (nSPS) is 21.1. The number of carbonyl (C=O) groups is 2. The molecule has 0 radical (unpaired) electrons. The van der Waals surface area contributed by atoms with E-state index >= 15 is 0 Å². The lowest BCUT2D eigenvalue weighted by Crippen LogP contribution is -2.55. The van der Waals surface area contributed by atoms with E-state index in [4.69, 9.17) is 11.6 Å². The highest BCUT2D eigenvalue weighted by molar-refractivity contribution is 7.91. The van der Waals surface area contributed by atoms with Gasteiger partial charge in [0.25, 0.3) is 10.0 Å². The van der Waals surface area contributed by atoms with E-state index in [0.717, 1.165) is 70.2 Å². The van der Waals surface area contributed by atoms with Gasteiger partial charge in [0.1, 0.15) is 10.3 Å². The number of H-pyrrole nitrogens is 1. The average molecular weight is 715 g/mol. The predicted molar refractivity (Wildman–Crippen MR) is 185 cm³/mol. The third-order valence-corrected chi connectivity index (χ3v) is 13.6. The summed E-state index contributed by atoms with van der Waals surface area (Å²) in [7, 11) is -3.93. The van der Waals surface area contributed by atoms with Crippen LogP contribution in [0.25, 0.3) is 26.5 Å². The minimum atomic E-state index is -3.93. The van der Waals surface area contributed by atoms with Crippen LogP contribution in [-0.2, 0) is 19.6 Å². The van der Waals surface area contributed by atoms with Gasteiger partial charge in [0.2, 0.25) is 11.8 Å². The summed E-state index contributed by atoms with van der Waals surface area (Å²) in [5, 5.41) is 0. The summed E-state index contributed by atoms with van der Waals surface area (Å²) < 4.78 is 31.6. The number of amides is 2. The van der Waals surface area contributed by atoms with Crippen LogP contribution in [0, 0.1) is 0 Å². The summed E-state index contributed by atoms with van der Waals surface area (Å²) in [6.45, 7) is 3.15. The molecule has 6 heterocycles. The van der Waals surface area contributed by atoms with Crippen molar-refractivity contribution in [2.75, 3.05) is 39.3 Å². The van der Waals surface area contributed by atoms with E-state index < -0.39 is 16.1 Å². The summed E-state index contributed by atoms with van der Waals surface area (Å²) in [6.07, 6.45) is 5.57. The number of hydrogen-bond acceptors (Lipinski definition) is 8. The van der Waals surface area contributed by atoms with Gasteiger partial charge in [-0.05, 0) is 62.1 Å². The van der Waals surface area contributed by atoms with Crippen molar-refractivity contribution in [2.24, 2.45) is 0 Å². The smallest absolute Gasteiger partial charge is 0.330 e.